The maximum absolute atomic E-state index is 13.5. The van der Waals surface area contributed by atoms with Crippen LogP contribution in [0.3, 0.4) is 0 Å². The van der Waals surface area contributed by atoms with Gasteiger partial charge in [-0.2, -0.15) is 5.10 Å². The van der Waals surface area contributed by atoms with Crippen LogP contribution >= 0.6 is 0 Å². The van der Waals surface area contributed by atoms with E-state index >= 15 is 0 Å². The van der Waals surface area contributed by atoms with Gasteiger partial charge in [-0.25, -0.2) is 18.9 Å². The van der Waals surface area contributed by atoms with Crippen molar-refractivity contribution in [2.45, 2.75) is 26.2 Å². The van der Waals surface area contributed by atoms with Crippen LogP contribution in [0.15, 0.2) is 30.3 Å². The van der Waals surface area contributed by atoms with E-state index in [0.717, 1.165) is 49.4 Å². The van der Waals surface area contributed by atoms with Gasteiger partial charge in [0.1, 0.15) is 5.82 Å². The van der Waals surface area contributed by atoms with Crippen LogP contribution < -0.4 is 4.90 Å². The first-order chi connectivity index (χ1) is 14.3. The fourth-order valence-electron chi connectivity index (χ4n) is 3.94. The summed E-state index contributed by atoms with van der Waals surface area (Å²) in [7, 11) is 2.10. The minimum atomic E-state index is -1.08. The van der Waals surface area contributed by atoms with Crippen LogP contribution in [-0.2, 0) is 0 Å². The summed E-state index contributed by atoms with van der Waals surface area (Å²) in [6, 6.07) is 7.65. The van der Waals surface area contributed by atoms with Gasteiger partial charge in [0.05, 0.1) is 22.5 Å². The predicted octanol–water partition coefficient (Wildman–Crippen LogP) is 3.52. The average Bonchev–Trinajstić information content (AvgIpc) is 2.97. The Labute approximate surface area is 174 Å². The van der Waals surface area contributed by atoms with Crippen molar-refractivity contribution >= 4 is 22.7 Å². The number of fused-ring (bicyclic) bond motifs is 1. The Morgan fingerprint density at radius 1 is 1.13 bits per heavy atom. The molecular weight excluding hydrogens is 385 g/mol. The molecule has 0 spiro atoms. The molecule has 1 N–H and O–H groups in total. The van der Waals surface area contributed by atoms with Crippen LogP contribution in [0.4, 0.5) is 10.1 Å². The van der Waals surface area contributed by atoms with E-state index in [2.05, 4.69) is 35.7 Å². The summed E-state index contributed by atoms with van der Waals surface area (Å²) < 4.78 is 15.1. The number of carboxylic acid groups (broad SMARTS) is 1. The smallest absolute Gasteiger partial charge is 0.354 e. The summed E-state index contributed by atoms with van der Waals surface area (Å²) >= 11 is 0. The molecule has 1 aromatic carbocycles. The molecule has 1 aliphatic heterocycles. The molecule has 8 heteroatoms. The molecule has 158 valence electrons. The number of pyridine rings is 1. The molecule has 0 radical (unpaired) electrons. The highest BCUT2D eigenvalue weighted by Crippen LogP contribution is 2.35. The highest BCUT2D eigenvalue weighted by molar-refractivity contribution is 5.98. The summed E-state index contributed by atoms with van der Waals surface area (Å²) in [4.78, 5) is 20.8. The monoisotopic (exact) mass is 411 g/mol. The Morgan fingerprint density at radius 2 is 1.87 bits per heavy atom. The Balaban J connectivity index is 1.98. The van der Waals surface area contributed by atoms with Gasteiger partial charge < -0.3 is 14.9 Å². The number of carbonyl (C=O) groups is 1. The number of likely N-dealkylation sites (N-methyl/N-ethyl adjacent to an activating group) is 1. The second-order valence-electron chi connectivity index (χ2n) is 8.10. The third-order valence-corrected chi connectivity index (χ3v) is 5.54. The second kappa shape index (κ2) is 8.02. The summed E-state index contributed by atoms with van der Waals surface area (Å²) in [6.45, 7) is 7.65. The van der Waals surface area contributed by atoms with Crippen molar-refractivity contribution in [1.82, 2.24) is 19.7 Å². The zero-order chi connectivity index (χ0) is 21.4. The molecule has 3 heterocycles. The number of aromatic nitrogens is 3. The first-order valence-corrected chi connectivity index (χ1v) is 10.2. The third kappa shape index (κ3) is 3.75. The number of hydrogen-bond donors (Lipinski definition) is 1. The van der Waals surface area contributed by atoms with Crippen molar-refractivity contribution in [2.75, 3.05) is 38.1 Å². The number of hydrogen-bond acceptors (Lipinski definition) is 5. The molecule has 0 unspecified atom stereocenters. The van der Waals surface area contributed by atoms with Crippen LogP contribution in [0.25, 0.3) is 16.7 Å². The number of halogens is 1. The van der Waals surface area contributed by atoms with E-state index in [1.807, 2.05) is 0 Å². The van der Waals surface area contributed by atoms with Crippen molar-refractivity contribution in [3.63, 3.8) is 0 Å². The summed E-state index contributed by atoms with van der Waals surface area (Å²) in [6.07, 6.45) is 0.992. The van der Waals surface area contributed by atoms with E-state index in [4.69, 9.17) is 5.10 Å². The lowest BCUT2D eigenvalue weighted by Gasteiger charge is -2.24. The molecule has 0 bridgehead atoms. The van der Waals surface area contributed by atoms with Gasteiger partial charge in [0.25, 0.3) is 0 Å². The molecule has 3 aromatic rings. The van der Waals surface area contributed by atoms with Gasteiger partial charge in [0, 0.05) is 19.6 Å². The Morgan fingerprint density at radius 3 is 2.53 bits per heavy atom. The molecule has 1 saturated heterocycles. The number of rotatable bonds is 4. The van der Waals surface area contributed by atoms with E-state index in [1.54, 1.807) is 22.9 Å². The van der Waals surface area contributed by atoms with Crippen molar-refractivity contribution in [3.05, 3.63) is 47.5 Å². The molecule has 0 atom stereocenters. The molecule has 4 rings (SSSR count). The fraction of sp³-hybridized carbons (Fsp3) is 0.409. The van der Waals surface area contributed by atoms with Crippen LogP contribution in [0, 0.1) is 5.82 Å². The topological polar surface area (TPSA) is 74.5 Å². The number of aromatic carboxylic acids is 1. The predicted molar refractivity (Wildman–Crippen MR) is 114 cm³/mol. The molecular formula is C22H26FN5O2. The molecule has 0 saturated carbocycles. The zero-order valence-corrected chi connectivity index (χ0v) is 17.5. The average molecular weight is 411 g/mol. The third-order valence-electron chi connectivity index (χ3n) is 5.54. The molecule has 2 aromatic heterocycles. The molecule has 1 fully saturated rings. The van der Waals surface area contributed by atoms with Gasteiger partial charge in [-0.05, 0) is 56.3 Å². The molecule has 1 aliphatic rings. The maximum Gasteiger partial charge on any atom is 0.354 e. The van der Waals surface area contributed by atoms with Crippen molar-refractivity contribution in [1.29, 1.82) is 0 Å². The molecule has 0 aliphatic carbocycles. The molecule has 0 amide bonds. The highest BCUT2D eigenvalue weighted by Gasteiger charge is 2.25. The second-order valence-corrected chi connectivity index (χ2v) is 8.10. The lowest BCUT2D eigenvalue weighted by molar-refractivity contribution is 0.0691. The van der Waals surface area contributed by atoms with Crippen LogP contribution in [-0.4, -0.2) is 64.0 Å². The van der Waals surface area contributed by atoms with Gasteiger partial charge in [-0.1, -0.05) is 13.8 Å². The van der Waals surface area contributed by atoms with Crippen LogP contribution in [0.1, 0.15) is 42.4 Å². The quantitative estimate of drug-likeness (QED) is 0.708. The van der Waals surface area contributed by atoms with E-state index in [9.17, 15) is 14.3 Å². The summed E-state index contributed by atoms with van der Waals surface area (Å²) in [5.74, 6) is -1.31. The Kier molecular flexibility index (Phi) is 5.42. The first kappa shape index (κ1) is 20.3. The maximum atomic E-state index is 13.5. The number of benzene rings is 1. The molecule has 7 nitrogen and oxygen atoms in total. The van der Waals surface area contributed by atoms with Gasteiger partial charge in [-0.3, -0.25) is 0 Å². The Hall–Kier alpha value is -3.00. The van der Waals surface area contributed by atoms with Crippen molar-refractivity contribution in [2.24, 2.45) is 0 Å². The number of carboxylic acids is 1. The van der Waals surface area contributed by atoms with Gasteiger partial charge in [0.2, 0.25) is 0 Å². The van der Waals surface area contributed by atoms with Crippen LogP contribution in [0.2, 0.25) is 0 Å². The van der Waals surface area contributed by atoms with E-state index < -0.39 is 5.97 Å². The van der Waals surface area contributed by atoms with E-state index in [0.29, 0.717) is 11.3 Å². The van der Waals surface area contributed by atoms with Gasteiger partial charge in [0.15, 0.2) is 11.3 Å². The summed E-state index contributed by atoms with van der Waals surface area (Å²) in [5, 5.41) is 15.4. The zero-order valence-electron chi connectivity index (χ0n) is 17.5. The van der Waals surface area contributed by atoms with E-state index in [1.165, 1.54) is 12.1 Å². The van der Waals surface area contributed by atoms with Crippen molar-refractivity contribution < 1.29 is 14.3 Å². The highest BCUT2D eigenvalue weighted by atomic mass is 19.1. The Bertz CT molecular complexity index is 1080. The summed E-state index contributed by atoms with van der Waals surface area (Å²) in [5.41, 5.74) is 2.81. The fourth-order valence-corrected chi connectivity index (χ4v) is 3.94. The minimum Gasteiger partial charge on any atom is -0.477 e. The first-order valence-electron chi connectivity index (χ1n) is 10.2. The standard InChI is InChI=1S/C22H26FN5O2/c1-14(2)20-19-18(27-10-4-9-26(3)11-12-27)13-17(22(29)30)24-21(19)28(25-20)16-7-5-15(23)6-8-16/h5-8,13-14H,4,9-12H2,1-3H3,(H,29,30). The van der Waals surface area contributed by atoms with E-state index in [-0.39, 0.29) is 17.4 Å². The largest absolute Gasteiger partial charge is 0.477 e. The van der Waals surface area contributed by atoms with Gasteiger partial charge >= 0.3 is 5.97 Å². The number of anilines is 1. The lowest BCUT2D eigenvalue weighted by atomic mass is 10.0. The normalized spacial score (nSPS) is 15.7. The number of nitrogens with zero attached hydrogens (tertiary/aromatic N) is 5. The van der Waals surface area contributed by atoms with Gasteiger partial charge in [-0.15, -0.1) is 0 Å². The van der Waals surface area contributed by atoms with Crippen molar-refractivity contribution in [3.8, 4) is 5.69 Å². The lowest BCUT2D eigenvalue weighted by Crippen LogP contribution is -2.29. The SMILES string of the molecule is CC(C)c1nn(-c2ccc(F)cc2)c2nc(C(=O)O)cc(N3CCCN(C)CC3)c12. The van der Waals surface area contributed by atoms with Crippen LogP contribution in [0.5, 0.6) is 0 Å². The molecule has 30 heavy (non-hydrogen) atoms. The minimum absolute atomic E-state index is 0.0198.